The van der Waals surface area contributed by atoms with Crippen molar-refractivity contribution >= 4 is 5.97 Å². The molecule has 2 unspecified atom stereocenters. The quantitative estimate of drug-likeness (QED) is 0.562. The van der Waals surface area contributed by atoms with E-state index in [2.05, 4.69) is 42.1 Å². The van der Waals surface area contributed by atoms with E-state index >= 15 is 0 Å². The molecule has 0 saturated carbocycles. The fourth-order valence-corrected chi connectivity index (χ4v) is 2.01. The van der Waals surface area contributed by atoms with Crippen molar-refractivity contribution in [2.24, 2.45) is 5.92 Å². The van der Waals surface area contributed by atoms with Gasteiger partial charge in [-0.3, -0.25) is 4.79 Å². The number of hydrazine groups is 2. The average Bonchev–Trinajstić information content (AvgIpc) is 2.96. The third-order valence-electron chi connectivity index (χ3n) is 3.13. The number of hydrogen-bond acceptors (Lipinski definition) is 6. The van der Waals surface area contributed by atoms with E-state index in [1.807, 2.05) is 24.3 Å². The molecule has 0 radical (unpaired) electrons. The Morgan fingerprint density at radius 3 is 2.91 bits per heavy atom. The van der Waals surface area contributed by atoms with Crippen LogP contribution in [0.4, 0.5) is 0 Å². The van der Waals surface area contributed by atoms with Crippen molar-refractivity contribution in [1.29, 1.82) is 0 Å². The van der Waals surface area contributed by atoms with Crippen LogP contribution in [-0.2, 0) is 9.53 Å². The first kappa shape index (κ1) is 17.3. The summed E-state index contributed by atoms with van der Waals surface area (Å²) in [6, 6.07) is 6.88. The van der Waals surface area contributed by atoms with Crippen LogP contribution >= 0.6 is 0 Å². The van der Waals surface area contributed by atoms with Crippen LogP contribution in [0.3, 0.4) is 0 Å². The molecule has 0 bridgehead atoms. The van der Waals surface area contributed by atoms with E-state index in [-0.39, 0.29) is 5.97 Å². The van der Waals surface area contributed by atoms with Crippen LogP contribution in [0.5, 0.6) is 5.75 Å². The number of carbonyl (C=O) groups is 1. The molecule has 6 heteroatoms. The highest BCUT2D eigenvalue weighted by atomic mass is 16.5. The molecule has 1 aromatic carbocycles. The molecular formula is C17H23N3O3. The van der Waals surface area contributed by atoms with Crippen molar-refractivity contribution in [3.63, 3.8) is 0 Å². The van der Waals surface area contributed by atoms with E-state index < -0.39 is 12.3 Å². The van der Waals surface area contributed by atoms with Crippen LogP contribution in [0.2, 0.25) is 0 Å². The Hall–Kier alpha value is -2.07. The summed E-state index contributed by atoms with van der Waals surface area (Å²) in [6.07, 6.45) is 0.293. The predicted octanol–water partition coefficient (Wildman–Crippen LogP) is 1.33. The molecule has 0 spiro atoms. The lowest BCUT2D eigenvalue weighted by Crippen LogP contribution is -2.45. The number of rotatable bonds is 5. The second-order valence-electron chi connectivity index (χ2n) is 5.61. The largest absolute Gasteiger partial charge is 0.472 e. The topological polar surface area (TPSA) is 71.6 Å². The first-order valence-corrected chi connectivity index (χ1v) is 7.78. The van der Waals surface area contributed by atoms with E-state index in [4.69, 9.17) is 9.47 Å². The third kappa shape index (κ3) is 5.25. The molecule has 0 aliphatic carbocycles. The summed E-state index contributed by atoms with van der Waals surface area (Å²) in [6.45, 7) is 6.36. The second kappa shape index (κ2) is 8.53. The van der Waals surface area contributed by atoms with Gasteiger partial charge in [0.2, 0.25) is 0 Å². The van der Waals surface area contributed by atoms with E-state index in [1.54, 1.807) is 6.92 Å². The Morgan fingerprint density at radius 1 is 1.35 bits per heavy atom. The van der Waals surface area contributed by atoms with Crippen molar-refractivity contribution < 1.29 is 14.3 Å². The highest BCUT2D eigenvalue weighted by Crippen LogP contribution is 2.16. The van der Waals surface area contributed by atoms with E-state index in [0.717, 1.165) is 12.0 Å². The minimum Gasteiger partial charge on any atom is -0.472 e. The highest BCUT2D eigenvalue weighted by molar-refractivity contribution is 5.76. The lowest BCUT2D eigenvalue weighted by atomic mass is 10.1. The number of benzene rings is 1. The molecule has 0 aromatic heterocycles. The molecule has 1 aromatic rings. The molecule has 6 nitrogen and oxygen atoms in total. The minimum absolute atomic E-state index is 0.324. The van der Waals surface area contributed by atoms with E-state index in [9.17, 15) is 4.79 Å². The van der Waals surface area contributed by atoms with Gasteiger partial charge >= 0.3 is 5.97 Å². The van der Waals surface area contributed by atoms with Crippen LogP contribution in [0.1, 0.15) is 32.8 Å². The van der Waals surface area contributed by atoms with Crippen molar-refractivity contribution in [2.45, 2.75) is 39.5 Å². The predicted molar refractivity (Wildman–Crippen MR) is 87.0 cm³/mol. The lowest BCUT2D eigenvalue weighted by Gasteiger charge is -2.18. The summed E-state index contributed by atoms with van der Waals surface area (Å²) in [5.41, 5.74) is 9.21. The summed E-state index contributed by atoms with van der Waals surface area (Å²) < 4.78 is 10.8. The fourth-order valence-electron chi connectivity index (χ4n) is 2.01. The van der Waals surface area contributed by atoms with E-state index in [1.165, 1.54) is 0 Å². The molecule has 1 fully saturated rings. The molecule has 124 valence electrons. The van der Waals surface area contributed by atoms with Gasteiger partial charge in [-0.1, -0.05) is 31.8 Å². The standard InChI is InChI=1S/C17H23N3O3/c1-4-22-17(21)15-16(19-20-18-15)23-14-10-6-9-13(11-14)8-5-7-12(2)3/h6,9-12,15-16,18-20H,4,7H2,1-3H3. The Morgan fingerprint density at radius 2 is 2.17 bits per heavy atom. The molecule has 23 heavy (non-hydrogen) atoms. The second-order valence-corrected chi connectivity index (χ2v) is 5.61. The van der Waals surface area contributed by atoms with Gasteiger partial charge in [0.1, 0.15) is 5.75 Å². The number of carbonyl (C=O) groups excluding carboxylic acids is 1. The van der Waals surface area contributed by atoms with Gasteiger partial charge in [-0.05, 0) is 31.0 Å². The average molecular weight is 317 g/mol. The molecule has 2 atom stereocenters. The van der Waals surface area contributed by atoms with Crippen LogP contribution in [0.15, 0.2) is 24.3 Å². The molecule has 3 N–H and O–H groups in total. The zero-order chi connectivity index (χ0) is 16.7. The normalized spacial score (nSPS) is 20.0. The summed E-state index contributed by atoms with van der Waals surface area (Å²) in [5.74, 6) is 7.08. The number of ether oxygens (including phenoxy) is 2. The number of nitrogens with one attached hydrogen (secondary N) is 3. The molecular weight excluding hydrogens is 294 g/mol. The van der Waals surface area contributed by atoms with Crippen LogP contribution in [0.25, 0.3) is 0 Å². The summed E-state index contributed by atoms with van der Waals surface area (Å²) in [5, 5.41) is 0. The van der Waals surface area contributed by atoms with Crippen molar-refractivity contribution in [3.05, 3.63) is 29.8 Å². The summed E-state index contributed by atoms with van der Waals surface area (Å²) >= 11 is 0. The van der Waals surface area contributed by atoms with Gasteiger partial charge in [0.15, 0.2) is 12.3 Å². The molecule has 1 aliphatic heterocycles. The molecule has 2 rings (SSSR count). The Balaban J connectivity index is 2.01. The van der Waals surface area contributed by atoms with Gasteiger partial charge in [-0.25, -0.2) is 10.9 Å². The Bertz CT molecular complexity index is 592. The fraction of sp³-hybridized carbons (Fsp3) is 0.471. The van der Waals surface area contributed by atoms with Gasteiger partial charge in [-0.2, -0.15) is 5.53 Å². The van der Waals surface area contributed by atoms with Gasteiger partial charge < -0.3 is 9.47 Å². The Labute approximate surface area is 136 Å². The van der Waals surface area contributed by atoms with E-state index in [0.29, 0.717) is 18.3 Å². The summed E-state index contributed by atoms with van der Waals surface area (Å²) in [7, 11) is 0. The monoisotopic (exact) mass is 317 g/mol. The van der Waals surface area contributed by atoms with Crippen molar-refractivity contribution in [2.75, 3.05) is 6.61 Å². The van der Waals surface area contributed by atoms with Gasteiger partial charge in [0.25, 0.3) is 0 Å². The third-order valence-corrected chi connectivity index (χ3v) is 3.13. The number of esters is 1. The van der Waals surface area contributed by atoms with Gasteiger partial charge in [0, 0.05) is 12.0 Å². The minimum atomic E-state index is -0.620. The zero-order valence-corrected chi connectivity index (χ0v) is 13.7. The first-order valence-electron chi connectivity index (χ1n) is 7.78. The van der Waals surface area contributed by atoms with Gasteiger partial charge in [-0.15, -0.1) is 0 Å². The summed E-state index contributed by atoms with van der Waals surface area (Å²) in [4.78, 5) is 11.9. The van der Waals surface area contributed by atoms with Crippen LogP contribution in [-0.4, -0.2) is 24.8 Å². The molecule has 0 amide bonds. The molecule has 1 heterocycles. The van der Waals surface area contributed by atoms with Crippen LogP contribution in [0, 0.1) is 17.8 Å². The maximum absolute atomic E-state index is 11.9. The smallest absolute Gasteiger partial charge is 0.329 e. The zero-order valence-electron chi connectivity index (χ0n) is 13.7. The number of hydrogen-bond donors (Lipinski definition) is 3. The maximum Gasteiger partial charge on any atom is 0.329 e. The SMILES string of the molecule is CCOC(=O)C1NNNC1Oc1cccc(C#CCC(C)C)c1. The lowest BCUT2D eigenvalue weighted by molar-refractivity contribution is -0.147. The van der Waals surface area contributed by atoms with Gasteiger partial charge in [0.05, 0.1) is 6.61 Å². The molecule has 1 saturated heterocycles. The maximum atomic E-state index is 11.9. The molecule has 1 aliphatic rings. The van der Waals surface area contributed by atoms with Crippen molar-refractivity contribution in [3.8, 4) is 17.6 Å². The van der Waals surface area contributed by atoms with Crippen LogP contribution < -0.4 is 21.1 Å². The highest BCUT2D eigenvalue weighted by Gasteiger charge is 2.35. The first-order chi connectivity index (χ1) is 11.1. The van der Waals surface area contributed by atoms with Crippen molar-refractivity contribution in [1.82, 2.24) is 16.4 Å². The Kier molecular flexibility index (Phi) is 6.41.